The SMILES string of the molecule is CCOc1ccc2nc(-n3nc(C)c4c3NC(=O)C[C@@H]4c3ccc(Cl)cc3Cl)sc2c1. The van der Waals surface area contributed by atoms with Gasteiger partial charge in [-0.1, -0.05) is 40.6 Å². The Balaban J connectivity index is 1.63. The lowest BCUT2D eigenvalue weighted by atomic mass is 9.86. The summed E-state index contributed by atoms with van der Waals surface area (Å²) in [5.41, 5.74) is 3.47. The van der Waals surface area contributed by atoms with E-state index in [1.165, 1.54) is 11.3 Å². The first-order valence-corrected chi connectivity index (χ1v) is 11.4. The summed E-state index contributed by atoms with van der Waals surface area (Å²) in [4.78, 5) is 17.3. The molecular weight excluding hydrogens is 455 g/mol. The molecule has 31 heavy (non-hydrogen) atoms. The minimum atomic E-state index is -0.207. The van der Waals surface area contributed by atoms with Crippen molar-refractivity contribution in [2.24, 2.45) is 0 Å². The Hall–Kier alpha value is -2.61. The van der Waals surface area contributed by atoms with E-state index < -0.39 is 0 Å². The smallest absolute Gasteiger partial charge is 0.226 e. The molecule has 2 aromatic heterocycles. The maximum atomic E-state index is 12.6. The summed E-state index contributed by atoms with van der Waals surface area (Å²) in [6, 6.07) is 11.2. The Morgan fingerprint density at radius 1 is 1.26 bits per heavy atom. The number of benzene rings is 2. The van der Waals surface area contributed by atoms with Crippen molar-refractivity contribution in [3.8, 4) is 10.9 Å². The molecule has 0 fully saturated rings. The molecule has 2 aromatic carbocycles. The average molecular weight is 473 g/mol. The summed E-state index contributed by atoms with van der Waals surface area (Å²) in [7, 11) is 0. The van der Waals surface area contributed by atoms with Crippen LogP contribution in [0.25, 0.3) is 15.3 Å². The van der Waals surface area contributed by atoms with E-state index in [0.29, 0.717) is 34.0 Å². The molecule has 4 aromatic rings. The van der Waals surface area contributed by atoms with Gasteiger partial charge >= 0.3 is 0 Å². The van der Waals surface area contributed by atoms with Crippen molar-refractivity contribution >= 4 is 56.5 Å². The number of fused-ring (bicyclic) bond motifs is 2. The highest BCUT2D eigenvalue weighted by Crippen LogP contribution is 2.43. The van der Waals surface area contributed by atoms with Gasteiger partial charge in [-0.05, 0) is 49.7 Å². The van der Waals surface area contributed by atoms with E-state index in [9.17, 15) is 4.79 Å². The number of carbonyl (C=O) groups is 1. The molecule has 0 spiro atoms. The van der Waals surface area contributed by atoms with Gasteiger partial charge in [0.25, 0.3) is 0 Å². The van der Waals surface area contributed by atoms with Crippen LogP contribution in [0.3, 0.4) is 0 Å². The van der Waals surface area contributed by atoms with Crippen LogP contribution in [0.5, 0.6) is 5.75 Å². The Kier molecular flexibility index (Phi) is 5.12. The largest absolute Gasteiger partial charge is 0.494 e. The normalized spacial score (nSPS) is 15.7. The fourth-order valence-electron chi connectivity index (χ4n) is 3.98. The van der Waals surface area contributed by atoms with Crippen LogP contribution < -0.4 is 10.1 Å². The molecule has 9 heteroatoms. The summed E-state index contributed by atoms with van der Waals surface area (Å²) in [5, 5.41) is 9.48. The number of hydrogen-bond acceptors (Lipinski definition) is 5. The lowest BCUT2D eigenvalue weighted by molar-refractivity contribution is -0.116. The molecule has 6 nitrogen and oxygen atoms in total. The highest BCUT2D eigenvalue weighted by atomic mass is 35.5. The predicted octanol–water partition coefficient (Wildman–Crippen LogP) is 5.97. The van der Waals surface area contributed by atoms with Crippen molar-refractivity contribution in [1.82, 2.24) is 14.8 Å². The molecule has 1 amide bonds. The van der Waals surface area contributed by atoms with Gasteiger partial charge in [0.2, 0.25) is 11.0 Å². The monoisotopic (exact) mass is 472 g/mol. The van der Waals surface area contributed by atoms with E-state index in [1.807, 2.05) is 38.1 Å². The number of anilines is 1. The van der Waals surface area contributed by atoms with Crippen molar-refractivity contribution in [2.45, 2.75) is 26.2 Å². The molecule has 0 radical (unpaired) electrons. The number of thiazole rings is 1. The first-order chi connectivity index (χ1) is 14.9. The van der Waals surface area contributed by atoms with Gasteiger partial charge in [0.05, 0.1) is 22.5 Å². The van der Waals surface area contributed by atoms with Crippen molar-refractivity contribution in [2.75, 3.05) is 11.9 Å². The van der Waals surface area contributed by atoms with Gasteiger partial charge in [-0.3, -0.25) is 4.79 Å². The zero-order valence-corrected chi connectivity index (χ0v) is 19.1. The molecule has 1 aliphatic rings. The van der Waals surface area contributed by atoms with Crippen molar-refractivity contribution in [1.29, 1.82) is 0 Å². The highest BCUT2D eigenvalue weighted by molar-refractivity contribution is 7.20. The molecule has 1 atom stereocenters. The Morgan fingerprint density at radius 2 is 2.10 bits per heavy atom. The van der Waals surface area contributed by atoms with Gasteiger partial charge in [-0.15, -0.1) is 0 Å². The van der Waals surface area contributed by atoms with E-state index in [1.54, 1.807) is 16.8 Å². The van der Waals surface area contributed by atoms with Crippen LogP contribution in [0.4, 0.5) is 5.82 Å². The molecule has 0 unspecified atom stereocenters. The number of ether oxygens (including phenoxy) is 1. The van der Waals surface area contributed by atoms with Crippen LogP contribution in [0.1, 0.15) is 36.1 Å². The van der Waals surface area contributed by atoms with Crippen LogP contribution in [-0.4, -0.2) is 27.3 Å². The van der Waals surface area contributed by atoms with E-state index in [-0.39, 0.29) is 11.8 Å². The second kappa shape index (κ2) is 7.82. The quantitative estimate of drug-likeness (QED) is 0.397. The number of carbonyl (C=O) groups excluding carboxylic acids is 1. The summed E-state index contributed by atoms with van der Waals surface area (Å²) < 4.78 is 8.30. The van der Waals surface area contributed by atoms with Gasteiger partial charge in [-0.25, -0.2) is 4.98 Å². The van der Waals surface area contributed by atoms with Crippen LogP contribution in [0, 0.1) is 6.92 Å². The second-order valence-corrected chi connectivity index (χ2v) is 9.14. The fraction of sp³-hybridized carbons (Fsp3) is 0.227. The number of nitrogens with zero attached hydrogens (tertiary/aromatic N) is 3. The van der Waals surface area contributed by atoms with E-state index in [2.05, 4.69) is 5.32 Å². The number of nitrogens with one attached hydrogen (secondary N) is 1. The van der Waals surface area contributed by atoms with E-state index in [0.717, 1.165) is 32.8 Å². The zero-order valence-electron chi connectivity index (χ0n) is 16.8. The Morgan fingerprint density at radius 3 is 2.87 bits per heavy atom. The van der Waals surface area contributed by atoms with Gasteiger partial charge in [0.1, 0.15) is 11.6 Å². The lowest BCUT2D eigenvalue weighted by Crippen LogP contribution is -2.25. The average Bonchev–Trinajstić information content (AvgIpc) is 3.28. The molecular formula is C22H18Cl2N4O2S. The van der Waals surface area contributed by atoms with Crippen LogP contribution in [0.15, 0.2) is 36.4 Å². The summed E-state index contributed by atoms with van der Waals surface area (Å²) in [5.74, 6) is 1.13. The molecule has 0 saturated heterocycles. The highest BCUT2D eigenvalue weighted by Gasteiger charge is 2.34. The first kappa shape index (κ1) is 20.3. The number of hydrogen-bond donors (Lipinski definition) is 1. The maximum Gasteiger partial charge on any atom is 0.226 e. The van der Waals surface area contributed by atoms with Crippen LogP contribution in [-0.2, 0) is 4.79 Å². The lowest BCUT2D eigenvalue weighted by Gasteiger charge is -2.24. The van der Waals surface area contributed by atoms with E-state index >= 15 is 0 Å². The maximum absolute atomic E-state index is 12.6. The standard InChI is InChI=1S/C22H18Cl2N4O2S/c1-3-30-13-5-7-17-18(9-13)31-22(25-17)28-21-20(11(2)27-28)15(10-19(29)26-21)14-6-4-12(23)8-16(14)24/h4-9,15H,3,10H2,1-2H3,(H,26,29)/t15-/m1/s1. The molecule has 5 rings (SSSR count). The third-order valence-electron chi connectivity index (χ3n) is 5.28. The second-order valence-electron chi connectivity index (χ2n) is 7.29. The minimum absolute atomic E-state index is 0.0931. The van der Waals surface area contributed by atoms with Gasteiger partial charge in [-0.2, -0.15) is 9.78 Å². The van der Waals surface area contributed by atoms with Crippen LogP contribution in [0.2, 0.25) is 10.0 Å². The van der Waals surface area contributed by atoms with Gasteiger partial charge < -0.3 is 10.1 Å². The molecule has 1 N–H and O–H groups in total. The number of aromatic nitrogens is 3. The topological polar surface area (TPSA) is 69.0 Å². The minimum Gasteiger partial charge on any atom is -0.494 e. The Bertz CT molecular complexity index is 1330. The van der Waals surface area contributed by atoms with Gasteiger partial charge in [0.15, 0.2) is 0 Å². The third-order valence-corrected chi connectivity index (χ3v) is 6.84. The molecule has 158 valence electrons. The van der Waals surface area contributed by atoms with Crippen molar-refractivity contribution in [3.05, 3.63) is 63.3 Å². The predicted molar refractivity (Wildman–Crippen MR) is 124 cm³/mol. The van der Waals surface area contributed by atoms with Crippen molar-refractivity contribution < 1.29 is 9.53 Å². The summed E-state index contributed by atoms with van der Waals surface area (Å²) >= 11 is 14.0. The summed E-state index contributed by atoms with van der Waals surface area (Å²) in [6.45, 7) is 4.49. The first-order valence-electron chi connectivity index (χ1n) is 9.82. The zero-order chi connectivity index (χ0) is 21.7. The van der Waals surface area contributed by atoms with Crippen LogP contribution >= 0.6 is 34.5 Å². The number of amides is 1. The molecule has 0 aliphatic carbocycles. The van der Waals surface area contributed by atoms with Crippen molar-refractivity contribution in [3.63, 3.8) is 0 Å². The van der Waals surface area contributed by atoms with E-state index in [4.69, 9.17) is 38.0 Å². The number of halogens is 2. The van der Waals surface area contributed by atoms with Gasteiger partial charge in [0, 0.05) is 27.9 Å². The summed E-state index contributed by atoms with van der Waals surface area (Å²) in [6.07, 6.45) is 0.290. The third kappa shape index (κ3) is 3.56. The number of aryl methyl sites for hydroxylation is 1. The molecule has 1 aliphatic heterocycles. The molecule has 0 bridgehead atoms. The number of rotatable bonds is 4. The Labute approximate surface area is 192 Å². The molecule has 0 saturated carbocycles. The molecule has 3 heterocycles. The fourth-order valence-corrected chi connectivity index (χ4v) is 5.47.